The van der Waals surface area contributed by atoms with E-state index in [4.69, 9.17) is 0 Å². The number of amides is 1. The SMILES string of the molecule is CC1NC(c2ccc(F)cc2F)N(C2CCSCC2)C1=O. The van der Waals surface area contributed by atoms with Gasteiger partial charge in [-0.3, -0.25) is 10.1 Å². The Kier molecular flexibility index (Phi) is 4.17. The van der Waals surface area contributed by atoms with Gasteiger partial charge in [-0.2, -0.15) is 11.8 Å². The van der Waals surface area contributed by atoms with Crippen molar-refractivity contribution in [1.82, 2.24) is 10.2 Å². The molecule has 0 aromatic heterocycles. The third-order valence-corrected chi connectivity index (χ3v) is 5.20. The van der Waals surface area contributed by atoms with Crippen LogP contribution in [0.4, 0.5) is 8.78 Å². The first kappa shape index (κ1) is 14.8. The lowest BCUT2D eigenvalue weighted by atomic mass is 10.1. The van der Waals surface area contributed by atoms with Crippen LogP contribution in [-0.4, -0.2) is 34.4 Å². The Morgan fingerprint density at radius 3 is 2.67 bits per heavy atom. The van der Waals surface area contributed by atoms with Gasteiger partial charge in [-0.25, -0.2) is 8.78 Å². The first-order valence-corrected chi connectivity index (χ1v) is 8.34. The second-order valence-electron chi connectivity index (χ2n) is 5.55. The van der Waals surface area contributed by atoms with Crippen LogP contribution in [0.2, 0.25) is 0 Å². The maximum atomic E-state index is 14.1. The van der Waals surface area contributed by atoms with Gasteiger partial charge in [0.25, 0.3) is 0 Å². The predicted octanol–water partition coefficient (Wildman–Crippen LogP) is 2.68. The van der Waals surface area contributed by atoms with Gasteiger partial charge in [-0.05, 0) is 43.4 Å². The van der Waals surface area contributed by atoms with Crippen LogP contribution in [0.1, 0.15) is 31.5 Å². The summed E-state index contributed by atoms with van der Waals surface area (Å²) in [5.41, 5.74) is 0.340. The molecule has 2 aliphatic rings. The number of hydrogen-bond donors (Lipinski definition) is 1. The minimum atomic E-state index is -0.607. The molecule has 1 aromatic carbocycles. The van der Waals surface area contributed by atoms with Gasteiger partial charge in [0.15, 0.2) is 0 Å². The van der Waals surface area contributed by atoms with Crippen LogP contribution in [0.15, 0.2) is 18.2 Å². The summed E-state index contributed by atoms with van der Waals surface area (Å²) in [5, 5.41) is 3.13. The summed E-state index contributed by atoms with van der Waals surface area (Å²) in [5.74, 6) is 0.822. The molecule has 2 fully saturated rings. The normalized spacial score (nSPS) is 27.4. The Hall–Kier alpha value is -1.14. The highest BCUT2D eigenvalue weighted by Gasteiger charge is 2.42. The minimum Gasteiger partial charge on any atom is -0.318 e. The zero-order valence-corrected chi connectivity index (χ0v) is 12.6. The standard InChI is InChI=1S/C15H18F2N2OS/c1-9-15(20)19(11-4-6-21-7-5-11)14(18-9)12-3-2-10(16)8-13(12)17/h2-3,8-9,11,14,18H,4-7H2,1H3. The van der Waals surface area contributed by atoms with Gasteiger partial charge in [0, 0.05) is 17.7 Å². The maximum absolute atomic E-state index is 14.1. The van der Waals surface area contributed by atoms with Crippen LogP contribution < -0.4 is 5.32 Å². The number of rotatable bonds is 2. The molecule has 2 aliphatic heterocycles. The van der Waals surface area contributed by atoms with E-state index in [0.717, 1.165) is 30.4 Å². The molecule has 0 bridgehead atoms. The van der Waals surface area contributed by atoms with Crippen molar-refractivity contribution in [3.8, 4) is 0 Å². The molecular formula is C15H18F2N2OS. The van der Waals surface area contributed by atoms with E-state index in [-0.39, 0.29) is 18.0 Å². The molecule has 0 spiro atoms. The molecule has 0 aliphatic carbocycles. The Bertz CT molecular complexity index is 548. The third-order valence-electron chi connectivity index (χ3n) is 4.15. The predicted molar refractivity (Wildman–Crippen MR) is 78.9 cm³/mol. The molecule has 0 saturated carbocycles. The second kappa shape index (κ2) is 5.93. The molecule has 114 valence electrons. The fourth-order valence-electron chi connectivity index (χ4n) is 3.06. The van der Waals surface area contributed by atoms with E-state index in [2.05, 4.69) is 5.32 Å². The van der Waals surface area contributed by atoms with Gasteiger partial charge in [0.05, 0.1) is 6.04 Å². The zero-order valence-electron chi connectivity index (χ0n) is 11.8. The summed E-state index contributed by atoms with van der Waals surface area (Å²) < 4.78 is 27.2. The lowest BCUT2D eigenvalue weighted by Crippen LogP contribution is -2.42. The summed E-state index contributed by atoms with van der Waals surface area (Å²) in [7, 11) is 0. The molecule has 2 atom stereocenters. The fourth-order valence-corrected chi connectivity index (χ4v) is 4.14. The lowest BCUT2D eigenvalue weighted by molar-refractivity contribution is -0.132. The molecule has 0 radical (unpaired) electrons. The molecule has 1 N–H and O–H groups in total. The largest absolute Gasteiger partial charge is 0.318 e. The summed E-state index contributed by atoms with van der Waals surface area (Å²) in [6.45, 7) is 1.79. The van der Waals surface area contributed by atoms with Gasteiger partial charge >= 0.3 is 0 Å². The van der Waals surface area contributed by atoms with Crippen LogP contribution in [0.25, 0.3) is 0 Å². The number of nitrogens with one attached hydrogen (secondary N) is 1. The molecule has 21 heavy (non-hydrogen) atoms. The summed E-state index contributed by atoms with van der Waals surface area (Å²) in [4.78, 5) is 14.2. The summed E-state index contributed by atoms with van der Waals surface area (Å²) in [6, 6.07) is 3.33. The summed E-state index contributed by atoms with van der Waals surface area (Å²) in [6.07, 6.45) is 1.34. The molecule has 3 nitrogen and oxygen atoms in total. The van der Waals surface area contributed by atoms with E-state index in [0.29, 0.717) is 5.56 Å². The van der Waals surface area contributed by atoms with Crippen LogP contribution in [0, 0.1) is 11.6 Å². The quantitative estimate of drug-likeness (QED) is 0.911. The van der Waals surface area contributed by atoms with Crippen molar-refractivity contribution in [2.24, 2.45) is 0 Å². The smallest absolute Gasteiger partial charge is 0.241 e. The molecule has 2 unspecified atom stereocenters. The monoisotopic (exact) mass is 312 g/mol. The van der Waals surface area contributed by atoms with Crippen LogP contribution in [0.5, 0.6) is 0 Å². The number of carbonyl (C=O) groups is 1. The van der Waals surface area contributed by atoms with Gasteiger partial charge in [0.1, 0.15) is 17.8 Å². The van der Waals surface area contributed by atoms with Gasteiger partial charge in [0.2, 0.25) is 5.91 Å². The Labute approximate surface area is 127 Å². The molecular weight excluding hydrogens is 294 g/mol. The van der Waals surface area contributed by atoms with Crippen LogP contribution in [-0.2, 0) is 4.79 Å². The van der Waals surface area contributed by atoms with E-state index in [1.807, 2.05) is 11.8 Å². The number of halogens is 2. The van der Waals surface area contributed by atoms with Crippen molar-refractivity contribution < 1.29 is 13.6 Å². The van der Waals surface area contributed by atoms with E-state index in [9.17, 15) is 13.6 Å². The summed E-state index contributed by atoms with van der Waals surface area (Å²) >= 11 is 1.88. The number of hydrogen-bond acceptors (Lipinski definition) is 3. The highest BCUT2D eigenvalue weighted by atomic mass is 32.2. The number of carbonyl (C=O) groups excluding carboxylic acids is 1. The molecule has 6 heteroatoms. The number of nitrogens with zero attached hydrogens (tertiary/aromatic N) is 1. The lowest BCUT2D eigenvalue weighted by Gasteiger charge is -2.35. The van der Waals surface area contributed by atoms with Crippen LogP contribution in [0.3, 0.4) is 0 Å². The van der Waals surface area contributed by atoms with Gasteiger partial charge in [-0.1, -0.05) is 0 Å². The average Bonchev–Trinajstić information content (AvgIpc) is 2.75. The van der Waals surface area contributed by atoms with Crippen molar-refractivity contribution in [1.29, 1.82) is 0 Å². The molecule has 2 saturated heterocycles. The van der Waals surface area contributed by atoms with Gasteiger partial charge in [-0.15, -0.1) is 0 Å². The molecule has 1 amide bonds. The maximum Gasteiger partial charge on any atom is 0.241 e. The van der Waals surface area contributed by atoms with Crippen molar-refractivity contribution in [2.45, 2.75) is 38.0 Å². The first-order chi connectivity index (χ1) is 10.1. The van der Waals surface area contributed by atoms with E-state index >= 15 is 0 Å². The molecule has 2 heterocycles. The first-order valence-electron chi connectivity index (χ1n) is 7.19. The highest BCUT2D eigenvalue weighted by molar-refractivity contribution is 7.99. The molecule has 1 aromatic rings. The van der Waals surface area contributed by atoms with Crippen molar-refractivity contribution in [3.05, 3.63) is 35.4 Å². The Morgan fingerprint density at radius 1 is 1.29 bits per heavy atom. The second-order valence-corrected chi connectivity index (χ2v) is 6.77. The van der Waals surface area contributed by atoms with E-state index in [1.165, 1.54) is 12.1 Å². The van der Waals surface area contributed by atoms with Crippen molar-refractivity contribution in [3.63, 3.8) is 0 Å². The Balaban J connectivity index is 1.92. The van der Waals surface area contributed by atoms with Crippen molar-refractivity contribution in [2.75, 3.05) is 11.5 Å². The third kappa shape index (κ3) is 2.79. The average molecular weight is 312 g/mol. The fraction of sp³-hybridized carbons (Fsp3) is 0.533. The highest BCUT2D eigenvalue weighted by Crippen LogP contribution is 2.33. The molecule has 3 rings (SSSR count). The Morgan fingerprint density at radius 2 is 2.00 bits per heavy atom. The number of thioether (sulfide) groups is 1. The topological polar surface area (TPSA) is 32.3 Å². The van der Waals surface area contributed by atoms with Crippen molar-refractivity contribution >= 4 is 17.7 Å². The van der Waals surface area contributed by atoms with Crippen LogP contribution >= 0.6 is 11.8 Å². The zero-order chi connectivity index (χ0) is 15.0. The number of benzene rings is 1. The van der Waals surface area contributed by atoms with E-state index in [1.54, 1.807) is 11.8 Å². The minimum absolute atomic E-state index is 0.000579. The van der Waals surface area contributed by atoms with E-state index < -0.39 is 17.8 Å². The van der Waals surface area contributed by atoms with Gasteiger partial charge < -0.3 is 4.90 Å².